The molecule has 0 heterocycles. The molecule has 0 unspecified atom stereocenters. The fraction of sp³-hybridized carbons (Fsp3) is 0.750. The van der Waals surface area contributed by atoms with E-state index in [1.165, 1.54) is 0 Å². The maximum absolute atomic E-state index is 10.3. The van der Waals surface area contributed by atoms with Gasteiger partial charge in [0.05, 0.1) is 6.61 Å². The van der Waals surface area contributed by atoms with Crippen LogP contribution in [0.25, 0.3) is 0 Å². The van der Waals surface area contributed by atoms with Gasteiger partial charge in [-0.05, 0) is 6.92 Å². The number of ether oxygens (including phenoxy) is 1. The van der Waals surface area contributed by atoms with Crippen molar-refractivity contribution < 1.29 is 14.4 Å². The minimum atomic E-state index is -0.586. The molecule has 0 amide bonds. The number of carbonyl (C=O) groups excluding carboxylic acids is 1. The highest BCUT2D eigenvalue weighted by atomic mass is 16.7. The molecule has 0 N–H and O–H groups in total. The number of carbonyl (C=O) groups is 1. The molecule has 9 heavy (non-hydrogen) atoms. The third kappa shape index (κ3) is 4.73. The molecule has 0 saturated carbocycles. The topological polar surface area (TPSA) is 65.0 Å². The lowest BCUT2D eigenvalue weighted by molar-refractivity contribution is -0.148. The second-order valence-corrected chi connectivity index (χ2v) is 1.15. The summed E-state index contributed by atoms with van der Waals surface area (Å²) in [6, 6.07) is 0. The Balaban J connectivity index is 3.16. The largest absolute Gasteiger partial charge is 0.463 e. The summed E-state index contributed by atoms with van der Waals surface area (Å²) in [4.78, 5) is 23.3. The van der Waals surface area contributed by atoms with Gasteiger partial charge in [0.25, 0.3) is 0 Å². The minimum Gasteiger partial charge on any atom is -0.463 e. The van der Waals surface area contributed by atoms with Crippen LogP contribution in [0.3, 0.4) is 0 Å². The lowest BCUT2D eigenvalue weighted by Gasteiger charge is -1.95. The molecule has 0 aliphatic heterocycles. The van der Waals surface area contributed by atoms with E-state index in [-0.39, 0.29) is 6.61 Å². The molecule has 0 radical (unpaired) electrons. The van der Waals surface area contributed by atoms with E-state index in [4.69, 9.17) is 0 Å². The van der Waals surface area contributed by atoms with Gasteiger partial charge in [-0.1, -0.05) is 0 Å². The molecule has 0 aromatic carbocycles. The third-order valence-corrected chi connectivity index (χ3v) is 0.540. The first-order valence-electron chi connectivity index (χ1n) is 2.41. The van der Waals surface area contributed by atoms with Crippen LogP contribution in [0.4, 0.5) is 0 Å². The highest BCUT2D eigenvalue weighted by Gasteiger charge is 1.99. The van der Waals surface area contributed by atoms with Crippen molar-refractivity contribution in [2.24, 2.45) is 5.34 Å². The van der Waals surface area contributed by atoms with Crippen molar-refractivity contribution in [1.82, 2.24) is 0 Å². The van der Waals surface area contributed by atoms with Gasteiger partial charge in [0.15, 0.2) is 5.34 Å². The van der Waals surface area contributed by atoms with Gasteiger partial charge in [-0.25, -0.2) is 4.79 Å². The zero-order valence-corrected chi connectivity index (χ0v) is 4.99. The molecule has 0 aromatic rings. The predicted octanol–water partition coefficient (Wildman–Crippen LogP) is 0.247. The van der Waals surface area contributed by atoms with E-state index in [9.17, 15) is 9.70 Å². The monoisotopic (exact) mass is 133 g/mol. The van der Waals surface area contributed by atoms with Crippen LogP contribution in [-0.2, 0) is 14.4 Å². The van der Waals surface area contributed by atoms with Gasteiger partial charge < -0.3 is 9.57 Å². The van der Waals surface area contributed by atoms with Crippen LogP contribution in [0.1, 0.15) is 6.92 Å². The summed E-state index contributed by atoms with van der Waals surface area (Å²) < 4.78 is 4.38. The summed E-state index contributed by atoms with van der Waals surface area (Å²) in [7, 11) is 0. The van der Waals surface area contributed by atoms with E-state index in [1.807, 2.05) is 5.34 Å². The molecule has 0 bridgehead atoms. The van der Waals surface area contributed by atoms with Crippen molar-refractivity contribution in [1.29, 1.82) is 0 Å². The van der Waals surface area contributed by atoms with Crippen LogP contribution in [-0.4, -0.2) is 19.2 Å². The van der Waals surface area contributed by atoms with E-state index >= 15 is 0 Å². The number of hydrogen-bond donors (Lipinski definition) is 0. The van der Waals surface area contributed by atoms with Gasteiger partial charge >= 0.3 is 5.97 Å². The second-order valence-electron chi connectivity index (χ2n) is 1.15. The Morgan fingerprint density at radius 3 is 2.78 bits per heavy atom. The summed E-state index contributed by atoms with van der Waals surface area (Å²) in [6.45, 7) is 1.53. The van der Waals surface area contributed by atoms with Crippen LogP contribution in [0.15, 0.2) is 5.34 Å². The first kappa shape index (κ1) is 7.87. The quantitative estimate of drug-likeness (QED) is 0.313. The summed E-state index contributed by atoms with van der Waals surface area (Å²) in [5.74, 6) is -0.586. The van der Waals surface area contributed by atoms with Crippen molar-refractivity contribution in [3.8, 4) is 0 Å². The third-order valence-electron chi connectivity index (χ3n) is 0.540. The fourth-order valence-electron chi connectivity index (χ4n) is 0.282. The molecule has 5 nitrogen and oxygen atoms in total. The zero-order valence-electron chi connectivity index (χ0n) is 4.99. The Hall–Kier alpha value is -1.13. The van der Waals surface area contributed by atoms with Crippen LogP contribution < -0.4 is 0 Å². The van der Waals surface area contributed by atoms with Crippen molar-refractivity contribution >= 4 is 5.97 Å². The first-order valence-corrected chi connectivity index (χ1v) is 2.41. The van der Waals surface area contributed by atoms with E-state index in [0.29, 0.717) is 0 Å². The molecule has 0 atom stereocenters. The molecule has 0 fully saturated rings. The summed E-state index contributed by atoms with van der Waals surface area (Å²) >= 11 is 0. The Kier molecular flexibility index (Phi) is 4.39. The van der Waals surface area contributed by atoms with Crippen molar-refractivity contribution in [3.05, 3.63) is 4.91 Å². The van der Waals surface area contributed by atoms with Gasteiger partial charge in [0, 0.05) is 0 Å². The Morgan fingerprint density at radius 1 is 1.67 bits per heavy atom. The van der Waals surface area contributed by atoms with Gasteiger partial charge in [0.2, 0.25) is 6.61 Å². The molecule has 0 aliphatic carbocycles. The number of hydrogen-bond acceptors (Lipinski definition) is 5. The Labute approximate surface area is 51.9 Å². The highest BCUT2D eigenvalue weighted by molar-refractivity contribution is 5.70. The molecule has 0 aliphatic rings. The average Bonchev–Trinajstić information content (AvgIpc) is 1.85. The van der Waals surface area contributed by atoms with Crippen LogP contribution >= 0.6 is 0 Å². The van der Waals surface area contributed by atoms with Crippen LogP contribution in [0.5, 0.6) is 0 Å². The van der Waals surface area contributed by atoms with Gasteiger partial charge in [-0.15, -0.1) is 4.91 Å². The molecular formula is C4H7NO4. The SMILES string of the molecule is CCOC(=O)CON=O. The fourth-order valence-corrected chi connectivity index (χ4v) is 0.282. The predicted molar refractivity (Wildman–Crippen MR) is 28.4 cm³/mol. The molecule has 0 aromatic heterocycles. The maximum atomic E-state index is 10.3. The Bertz CT molecular complexity index is 103. The van der Waals surface area contributed by atoms with Gasteiger partial charge in [-0.2, -0.15) is 0 Å². The molecule has 52 valence electrons. The lowest BCUT2D eigenvalue weighted by atomic mass is 10.7. The van der Waals surface area contributed by atoms with Crippen molar-refractivity contribution in [3.63, 3.8) is 0 Å². The number of esters is 1. The zero-order chi connectivity index (χ0) is 7.11. The maximum Gasteiger partial charge on any atom is 0.347 e. The smallest absolute Gasteiger partial charge is 0.347 e. The summed E-state index contributed by atoms with van der Waals surface area (Å²) in [6.07, 6.45) is 0. The number of nitrogens with zero attached hydrogens (tertiary/aromatic N) is 1. The van der Waals surface area contributed by atoms with E-state index in [1.54, 1.807) is 6.92 Å². The normalized spacial score (nSPS) is 8.11. The lowest BCUT2D eigenvalue weighted by Crippen LogP contribution is -2.09. The van der Waals surface area contributed by atoms with Gasteiger partial charge in [-0.3, -0.25) is 0 Å². The van der Waals surface area contributed by atoms with Crippen molar-refractivity contribution in [2.75, 3.05) is 13.2 Å². The Morgan fingerprint density at radius 2 is 2.33 bits per heavy atom. The first-order chi connectivity index (χ1) is 4.31. The van der Waals surface area contributed by atoms with E-state index in [0.717, 1.165) is 0 Å². The summed E-state index contributed by atoms with van der Waals surface area (Å²) in [5.41, 5.74) is 0. The molecule has 5 heteroatoms. The van der Waals surface area contributed by atoms with Crippen molar-refractivity contribution in [2.45, 2.75) is 6.92 Å². The molecule has 0 rings (SSSR count). The second kappa shape index (κ2) is 5.02. The standard InChI is InChI=1S/C4H7NO4/c1-2-8-4(6)3-9-5-7/h2-3H2,1H3. The highest BCUT2D eigenvalue weighted by Crippen LogP contribution is 1.79. The van der Waals surface area contributed by atoms with Crippen LogP contribution in [0.2, 0.25) is 0 Å². The van der Waals surface area contributed by atoms with Gasteiger partial charge in [0.1, 0.15) is 0 Å². The molecular weight excluding hydrogens is 126 g/mol. The minimum absolute atomic E-state index is 0.279. The van der Waals surface area contributed by atoms with Crippen LogP contribution in [0, 0.1) is 4.91 Å². The average molecular weight is 133 g/mol. The molecule has 0 saturated heterocycles. The molecule has 0 spiro atoms. The van der Waals surface area contributed by atoms with E-state index in [2.05, 4.69) is 9.57 Å². The number of rotatable bonds is 4. The van der Waals surface area contributed by atoms with E-state index < -0.39 is 12.6 Å². The summed E-state index contributed by atoms with van der Waals surface area (Å²) in [5, 5.41) is 2.01.